The smallest absolute Gasteiger partial charge is 0.338 e. The van der Waals surface area contributed by atoms with E-state index in [9.17, 15) is 13.2 Å². The van der Waals surface area contributed by atoms with E-state index in [2.05, 4.69) is 4.98 Å². The molecule has 1 heterocycles. The summed E-state index contributed by atoms with van der Waals surface area (Å²) in [4.78, 5) is 17.0. The Balaban J connectivity index is 1.45. The predicted molar refractivity (Wildman–Crippen MR) is 131 cm³/mol. The van der Waals surface area contributed by atoms with Gasteiger partial charge in [0.05, 0.1) is 23.3 Å². The van der Waals surface area contributed by atoms with Crippen LogP contribution in [0.2, 0.25) is 0 Å². The van der Waals surface area contributed by atoms with Crippen LogP contribution in [0.25, 0.3) is 11.5 Å². The number of anilines is 1. The Bertz CT molecular complexity index is 1430. The Morgan fingerprint density at radius 2 is 1.63 bits per heavy atom. The van der Waals surface area contributed by atoms with Crippen molar-refractivity contribution in [3.05, 3.63) is 95.9 Å². The summed E-state index contributed by atoms with van der Waals surface area (Å²) in [5.41, 5.74) is 1.95. The molecular weight excluding hydrogens is 468 g/mol. The summed E-state index contributed by atoms with van der Waals surface area (Å²) in [6.45, 7) is 1.68. The van der Waals surface area contributed by atoms with Gasteiger partial charge in [-0.2, -0.15) is 0 Å². The molecule has 0 aliphatic carbocycles. The van der Waals surface area contributed by atoms with Gasteiger partial charge >= 0.3 is 5.97 Å². The molecule has 35 heavy (non-hydrogen) atoms. The molecule has 0 amide bonds. The Kier molecular flexibility index (Phi) is 6.88. The van der Waals surface area contributed by atoms with E-state index < -0.39 is 16.0 Å². The summed E-state index contributed by atoms with van der Waals surface area (Å²) >= 11 is 0. The van der Waals surface area contributed by atoms with Gasteiger partial charge in [0, 0.05) is 12.6 Å². The van der Waals surface area contributed by atoms with Crippen molar-refractivity contribution in [2.45, 2.75) is 18.4 Å². The molecule has 0 saturated heterocycles. The van der Waals surface area contributed by atoms with Crippen LogP contribution < -0.4 is 9.04 Å². The van der Waals surface area contributed by atoms with Gasteiger partial charge in [0.1, 0.15) is 23.8 Å². The molecule has 0 bridgehead atoms. The third-order valence-corrected chi connectivity index (χ3v) is 7.21. The quantitative estimate of drug-likeness (QED) is 0.325. The van der Waals surface area contributed by atoms with Gasteiger partial charge in [-0.05, 0) is 55.5 Å². The Morgan fingerprint density at radius 1 is 0.971 bits per heavy atom. The van der Waals surface area contributed by atoms with Gasteiger partial charge in [0.25, 0.3) is 10.0 Å². The van der Waals surface area contributed by atoms with Crippen LogP contribution in [-0.2, 0) is 21.4 Å². The van der Waals surface area contributed by atoms with Crippen LogP contribution >= 0.6 is 0 Å². The van der Waals surface area contributed by atoms with Gasteiger partial charge in [0.2, 0.25) is 5.89 Å². The molecule has 0 aliphatic rings. The molecule has 8 nitrogen and oxygen atoms in total. The maximum Gasteiger partial charge on any atom is 0.338 e. The molecule has 1 aromatic heterocycles. The fourth-order valence-corrected chi connectivity index (χ4v) is 4.63. The molecule has 0 N–H and O–H groups in total. The fourth-order valence-electron chi connectivity index (χ4n) is 3.42. The van der Waals surface area contributed by atoms with Crippen molar-refractivity contribution in [1.82, 2.24) is 4.98 Å². The minimum Gasteiger partial charge on any atom is -0.495 e. The summed E-state index contributed by atoms with van der Waals surface area (Å²) in [6.07, 6.45) is 0. The number of hydrogen-bond acceptors (Lipinski definition) is 7. The second kappa shape index (κ2) is 10.0. The first-order chi connectivity index (χ1) is 16.8. The number of aryl methyl sites for hydroxylation is 1. The topological polar surface area (TPSA) is 98.9 Å². The molecule has 0 saturated carbocycles. The number of esters is 1. The van der Waals surface area contributed by atoms with Gasteiger partial charge in [-0.1, -0.05) is 30.3 Å². The molecule has 0 spiro atoms. The van der Waals surface area contributed by atoms with Crippen LogP contribution in [0, 0.1) is 6.92 Å². The van der Waals surface area contributed by atoms with Crippen molar-refractivity contribution >= 4 is 21.7 Å². The van der Waals surface area contributed by atoms with E-state index in [4.69, 9.17) is 13.9 Å². The van der Waals surface area contributed by atoms with Crippen LogP contribution in [0.15, 0.2) is 88.2 Å². The molecular formula is C26H24N2O6S. The van der Waals surface area contributed by atoms with Crippen LogP contribution in [0.3, 0.4) is 0 Å². The molecule has 0 radical (unpaired) electrons. The van der Waals surface area contributed by atoms with Crippen LogP contribution in [0.5, 0.6) is 5.75 Å². The normalized spacial score (nSPS) is 11.2. The number of aromatic nitrogens is 1. The highest BCUT2D eigenvalue weighted by atomic mass is 32.2. The van der Waals surface area contributed by atoms with Crippen molar-refractivity contribution < 1.29 is 27.1 Å². The number of methoxy groups -OCH3 is 1. The Hall–Kier alpha value is -4.11. The highest BCUT2D eigenvalue weighted by Crippen LogP contribution is 2.31. The van der Waals surface area contributed by atoms with Gasteiger partial charge in [-0.15, -0.1) is 0 Å². The van der Waals surface area contributed by atoms with E-state index in [1.807, 2.05) is 30.3 Å². The van der Waals surface area contributed by atoms with Gasteiger partial charge in [-0.25, -0.2) is 18.2 Å². The minimum absolute atomic E-state index is 0.0299. The van der Waals surface area contributed by atoms with Crippen molar-refractivity contribution in [3.8, 4) is 17.2 Å². The number of carbonyl (C=O) groups excluding carboxylic acids is 1. The monoisotopic (exact) mass is 492 g/mol. The Morgan fingerprint density at radius 3 is 2.31 bits per heavy atom. The minimum atomic E-state index is -3.87. The maximum absolute atomic E-state index is 13.1. The van der Waals surface area contributed by atoms with E-state index in [0.29, 0.717) is 28.8 Å². The summed E-state index contributed by atoms with van der Waals surface area (Å²) < 4.78 is 43.6. The molecule has 9 heteroatoms. The van der Waals surface area contributed by atoms with E-state index in [1.165, 1.54) is 38.4 Å². The number of oxazole rings is 1. The number of benzene rings is 3. The van der Waals surface area contributed by atoms with Gasteiger partial charge in [0.15, 0.2) is 0 Å². The molecule has 0 unspecified atom stereocenters. The highest BCUT2D eigenvalue weighted by molar-refractivity contribution is 7.92. The number of carbonyl (C=O) groups is 1. The van der Waals surface area contributed by atoms with Crippen molar-refractivity contribution in [2.24, 2.45) is 0 Å². The third kappa shape index (κ3) is 5.04. The summed E-state index contributed by atoms with van der Waals surface area (Å²) in [5.74, 6) is 0.827. The van der Waals surface area contributed by atoms with E-state index >= 15 is 0 Å². The number of para-hydroxylation sites is 2. The zero-order valence-electron chi connectivity index (χ0n) is 19.5. The number of ether oxygens (including phenoxy) is 2. The summed E-state index contributed by atoms with van der Waals surface area (Å²) in [5, 5.41) is 0. The maximum atomic E-state index is 13.1. The lowest BCUT2D eigenvalue weighted by molar-refractivity contribution is 0.0467. The second-order valence-electron chi connectivity index (χ2n) is 7.63. The third-order valence-electron chi connectivity index (χ3n) is 5.43. The van der Waals surface area contributed by atoms with E-state index in [1.54, 1.807) is 31.2 Å². The fraction of sp³-hybridized carbons (Fsp3) is 0.154. The largest absolute Gasteiger partial charge is 0.495 e. The van der Waals surface area contributed by atoms with Crippen molar-refractivity contribution in [2.75, 3.05) is 18.5 Å². The summed E-state index contributed by atoms with van der Waals surface area (Å²) in [6, 6.07) is 21.8. The SMILES string of the molecule is COc1ccccc1N(C)S(=O)(=O)c1ccc(C(=O)OCc2nc(-c3ccccc3)oc2C)cc1. The average Bonchev–Trinajstić information content (AvgIpc) is 3.27. The van der Waals surface area contributed by atoms with Crippen LogP contribution in [-0.4, -0.2) is 33.5 Å². The molecule has 0 aliphatic heterocycles. The molecule has 4 aromatic rings. The lowest BCUT2D eigenvalue weighted by Crippen LogP contribution is -2.27. The van der Waals surface area contributed by atoms with Crippen LogP contribution in [0.1, 0.15) is 21.8 Å². The summed E-state index contributed by atoms with van der Waals surface area (Å²) in [7, 11) is -0.954. The molecule has 4 rings (SSSR count). The zero-order valence-corrected chi connectivity index (χ0v) is 20.3. The molecule has 0 fully saturated rings. The van der Waals surface area contributed by atoms with E-state index in [0.717, 1.165) is 9.87 Å². The zero-order chi connectivity index (χ0) is 25.0. The first-order valence-electron chi connectivity index (χ1n) is 10.7. The number of rotatable bonds is 8. The van der Waals surface area contributed by atoms with Crippen molar-refractivity contribution in [3.63, 3.8) is 0 Å². The predicted octanol–water partition coefficient (Wildman–Crippen LogP) is 4.84. The lowest BCUT2D eigenvalue weighted by Gasteiger charge is -2.21. The van der Waals surface area contributed by atoms with Gasteiger partial charge in [-0.3, -0.25) is 4.31 Å². The van der Waals surface area contributed by atoms with Gasteiger partial charge < -0.3 is 13.9 Å². The lowest BCUT2D eigenvalue weighted by atomic mass is 10.2. The average molecular weight is 493 g/mol. The van der Waals surface area contributed by atoms with E-state index in [-0.39, 0.29) is 17.1 Å². The standard InChI is InChI=1S/C26H24N2O6S/c1-18-22(27-25(34-18)19-9-5-4-6-10-19)17-33-26(29)20-13-15-21(16-14-20)35(30,31)28(2)23-11-7-8-12-24(23)32-3/h4-16H,17H2,1-3H3. The van der Waals surface area contributed by atoms with Crippen molar-refractivity contribution in [1.29, 1.82) is 0 Å². The molecule has 3 aromatic carbocycles. The number of sulfonamides is 1. The van der Waals surface area contributed by atoms with Crippen LogP contribution in [0.4, 0.5) is 5.69 Å². The molecule has 180 valence electrons. The first-order valence-corrected chi connectivity index (χ1v) is 12.2. The number of nitrogens with zero attached hydrogens (tertiary/aromatic N) is 2. The Labute approximate surface area is 203 Å². The molecule has 0 atom stereocenters. The second-order valence-corrected chi connectivity index (χ2v) is 9.60. The number of hydrogen-bond donors (Lipinski definition) is 0. The highest BCUT2D eigenvalue weighted by Gasteiger charge is 2.24. The first kappa shape index (κ1) is 24.0.